The van der Waals surface area contributed by atoms with Gasteiger partial charge in [-0.3, -0.25) is 0 Å². The van der Waals surface area contributed by atoms with Crippen molar-refractivity contribution >= 4 is 29.1 Å². The van der Waals surface area contributed by atoms with Gasteiger partial charge in [-0.25, -0.2) is 0 Å². The summed E-state index contributed by atoms with van der Waals surface area (Å²) in [5.41, 5.74) is 2.36. The topological polar surface area (TPSA) is 86.5 Å². The maximum absolute atomic E-state index is 8.81. The number of nitrogens with zero attached hydrogens (tertiary/aromatic N) is 4. The number of rotatable bonds is 5. The lowest BCUT2D eigenvalue weighted by molar-refractivity contribution is 0.949. The van der Waals surface area contributed by atoms with Gasteiger partial charge in [0.2, 0.25) is 5.95 Å². The molecule has 7 heteroatoms. The number of halogens is 1. The summed E-state index contributed by atoms with van der Waals surface area (Å²) in [6.07, 6.45) is 1.53. The number of hydrogen-bond donors (Lipinski definition) is 2. The Kier molecular flexibility index (Phi) is 4.84. The van der Waals surface area contributed by atoms with E-state index in [1.807, 2.05) is 24.3 Å². The molecule has 3 rings (SSSR count). The van der Waals surface area contributed by atoms with Crippen LogP contribution < -0.4 is 10.6 Å². The van der Waals surface area contributed by atoms with E-state index in [4.69, 9.17) is 16.9 Å². The first-order valence-corrected chi connectivity index (χ1v) is 7.56. The molecule has 0 atom stereocenters. The zero-order valence-electron chi connectivity index (χ0n) is 12.6. The molecule has 1 heterocycles. The summed E-state index contributed by atoms with van der Waals surface area (Å²) in [6.45, 7) is 0.502. The summed E-state index contributed by atoms with van der Waals surface area (Å²) in [4.78, 5) is 4.35. The van der Waals surface area contributed by atoms with Crippen LogP contribution in [0.1, 0.15) is 11.1 Å². The third-order valence-corrected chi connectivity index (χ3v) is 3.61. The summed E-state index contributed by atoms with van der Waals surface area (Å²) >= 11 is 6.12. The van der Waals surface area contributed by atoms with E-state index in [2.05, 4.69) is 31.9 Å². The second-order valence-corrected chi connectivity index (χ2v) is 5.33. The minimum atomic E-state index is 0.397. The molecule has 24 heavy (non-hydrogen) atoms. The van der Waals surface area contributed by atoms with Gasteiger partial charge in [0.25, 0.3) is 0 Å². The Labute approximate surface area is 144 Å². The molecule has 0 spiro atoms. The molecule has 2 N–H and O–H groups in total. The van der Waals surface area contributed by atoms with E-state index in [9.17, 15) is 0 Å². The smallest absolute Gasteiger partial charge is 0.244 e. The third kappa shape index (κ3) is 3.97. The van der Waals surface area contributed by atoms with Gasteiger partial charge in [-0.1, -0.05) is 29.8 Å². The predicted molar refractivity (Wildman–Crippen MR) is 93.0 cm³/mol. The van der Waals surface area contributed by atoms with Gasteiger partial charge in [0.05, 0.1) is 17.8 Å². The van der Waals surface area contributed by atoms with Crippen molar-refractivity contribution < 1.29 is 0 Å². The van der Waals surface area contributed by atoms with Gasteiger partial charge in [-0.2, -0.15) is 15.3 Å². The second kappa shape index (κ2) is 7.40. The molecule has 0 aliphatic rings. The number of benzene rings is 2. The lowest BCUT2D eigenvalue weighted by atomic mass is 10.2. The Morgan fingerprint density at radius 2 is 1.88 bits per heavy atom. The average molecular weight is 337 g/mol. The van der Waals surface area contributed by atoms with Crippen LogP contribution in [0.2, 0.25) is 5.02 Å². The molecule has 0 fully saturated rings. The molecule has 2 aromatic carbocycles. The van der Waals surface area contributed by atoms with Crippen LogP contribution in [0.5, 0.6) is 0 Å². The summed E-state index contributed by atoms with van der Waals surface area (Å²) in [6, 6.07) is 16.7. The van der Waals surface area contributed by atoms with Crippen molar-refractivity contribution in [2.75, 3.05) is 10.6 Å². The molecule has 0 radical (unpaired) electrons. The summed E-state index contributed by atoms with van der Waals surface area (Å²) < 4.78 is 0. The van der Waals surface area contributed by atoms with E-state index >= 15 is 0 Å². The first-order chi connectivity index (χ1) is 11.7. The molecule has 0 saturated heterocycles. The van der Waals surface area contributed by atoms with Crippen molar-refractivity contribution in [3.05, 3.63) is 70.9 Å². The lowest BCUT2D eigenvalue weighted by Gasteiger charge is -2.08. The fourth-order valence-corrected chi connectivity index (χ4v) is 2.23. The van der Waals surface area contributed by atoms with Gasteiger partial charge in [0, 0.05) is 17.3 Å². The van der Waals surface area contributed by atoms with Crippen LogP contribution >= 0.6 is 11.6 Å². The summed E-state index contributed by atoms with van der Waals surface area (Å²) in [7, 11) is 0. The molecule has 1 aromatic heterocycles. The molecule has 0 saturated carbocycles. The highest BCUT2D eigenvalue weighted by molar-refractivity contribution is 6.31. The van der Waals surface area contributed by atoms with Crippen LogP contribution in [0.4, 0.5) is 17.5 Å². The summed E-state index contributed by atoms with van der Waals surface area (Å²) in [5.74, 6) is 0.949. The number of nitriles is 1. The molecule has 0 aliphatic heterocycles. The molecular weight excluding hydrogens is 324 g/mol. The average Bonchev–Trinajstić information content (AvgIpc) is 2.62. The van der Waals surface area contributed by atoms with Crippen LogP contribution in [-0.4, -0.2) is 15.2 Å². The van der Waals surface area contributed by atoms with Crippen LogP contribution in [0.15, 0.2) is 54.7 Å². The van der Waals surface area contributed by atoms with Crippen molar-refractivity contribution in [1.82, 2.24) is 15.2 Å². The number of aromatic nitrogens is 3. The van der Waals surface area contributed by atoms with E-state index in [1.54, 1.807) is 24.3 Å². The summed E-state index contributed by atoms with van der Waals surface area (Å²) in [5, 5.41) is 23.6. The number of nitrogens with one attached hydrogen (secondary N) is 2. The first kappa shape index (κ1) is 15.7. The molecule has 0 aliphatic carbocycles. The van der Waals surface area contributed by atoms with Gasteiger partial charge in [-0.05, 0) is 35.9 Å². The normalized spacial score (nSPS) is 10.0. The minimum absolute atomic E-state index is 0.397. The van der Waals surface area contributed by atoms with E-state index in [1.165, 1.54) is 6.20 Å². The molecule has 0 unspecified atom stereocenters. The quantitative estimate of drug-likeness (QED) is 0.737. The molecule has 6 nitrogen and oxygen atoms in total. The fourth-order valence-electron chi connectivity index (χ4n) is 2.03. The van der Waals surface area contributed by atoms with E-state index in [0.29, 0.717) is 28.9 Å². The van der Waals surface area contributed by atoms with Crippen molar-refractivity contribution in [3.63, 3.8) is 0 Å². The lowest BCUT2D eigenvalue weighted by Crippen LogP contribution is -2.06. The zero-order valence-corrected chi connectivity index (χ0v) is 13.3. The van der Waals surface area contributed by atoms with Gasteiger partial charge in [-0.15, -0.1) is 5.10 Å². The number of hydrogen-bond acceptors (Lipinski definition) is 6. The Morgan fingerprint density at radius 3 is 2.62 bits per heavy atom. The highest BCUT2D eigenvalue weighted by Gasteiger charge is 2.03. The van der Waals surface area contributed by atoms with Gasteiger partial charge in [0.15, 0.2) is 5.82 Å². The molecule has 118 valence electrons. The predicted octanol–water partition coefficient (Wildman–Crippen LogP) is 3.75. The van der Waals surface area contributed by atoms with Gasteiger partial charge < -0.3 is 10.6 Å². The molecule has 0 bridgehead atoms. The van der Waals surface area contributed by atoms with Crippen LogP contribution in [0, 0.1) is 11.3 Å². The van der Waals surface area contributed by atoms with E-state index < -0.39 is 0 Å². The Hall–Kier alpha value is -3.17. The van der Waals surface area contributed by atoms with E-state index in [-0.39, 0.29) is 0 Å². The molecular formula is C17H13ClN6. The standard InChI is InChI=1S/C17H13ClN6/c18-15-4-2-1-3-13(15)10-20-17-23-16(11-21-24-17)22-14-7-5-12(9-19)6-8-14/h1-8,11H,10H2,(H2,20,22,23,24). The maximum atomic E-state index is 8.81. The van der Waals surface area contributed by atoms with Crippen molar-refractivity contribution in [2.45, 2.75) is 6.54 Å². The zero-order chi connectivity index (χ0) is 16.8. The van der Waals surface area contributed by atoms with Crippen LogP contribution in [-0.2, 0) is 6.54 Å². The molecule has 3 aromatic rings. The number of anilines is 3. The largest absolute Gasteiger partial charge is 0.349 e. The fraction of sp³-hybridized carbons (Fsp3) is 0.0588. The first-order valence-electron chi connectivity index (χ1n) is 7.19. The van der Waals surface area contributed by atoms with Gasteiger partial charge >= 0.3 is 0 Å². The van der Waals surface area contributed by atoms with Crippen molar-refractivity contribution in [3.8, 4) is 6.07 Å². The molecule has 0 amide bonds. The Morgan fingerprint density at radius 1 is 1.08 bits per heavy atom. The Bertz CT molecular complexity index is 873. The maximum Gasteiger partial charge on any atom is 0.244 e. The van der Waals surface area contributed by atoms with Crippen LogP contribution in [0.3, 0.4) is 0 Å². The van der Waals surface area contributed by atoms with Crippen molar-refractivity contribution in [1.29, 1.82) is 5.26 Å². The van der Waals surface area contributed by atoms with Crippen LogP contribution in [0.25, 0.3) is 0 Å². The highest BCUT2D eigenvalue weighted by atomic mass is 35.5. The third-order valence-electron chi connectivity index (χ3n) is 3.24. The van der Waals surface area contributed by atoms with E-state index in [0.717, 1.165) is 11.3 Å². The minimum Gasteiger partial charge on any atom is -0.349 e. The Balaban J connectivity index is 1.67. The van der Waals surface area contributed by atoms with Gasteiger partial charge in [0.1, 0.15) is 0 Å². The van der Waals surface area contributed by atoms with Crippen molar-refractivity contribution in [2.24, 2.45) is 0 Å². The SMILES string of the molecule is N#Cc1ccc(Nc2cnnc(NCc3ccccc3Cl)n2)cc1. The highest BCUT2D eigenvalue weighted by Crippen LogP contribution is 2.17. The second-order valence-electron chi connectivity index (χ2n) is 4.92. The monoisotopic (exact) mass is 336 g/mol.